The molecule has 0 aromatic heterocycles. The van der Waals surface area contributed by atoms with Crippen molar-refractivity contribution in [1.82, 2.24) is 5.32 Å². The summed E-state index contributed by atoms with van der Waals surface area (Å²) in [5.74, 6) is -1.30. The first-order valence-electron chi connectivity index (χ1n) is 6.56. The number of methoxy groups -OCH3 is 1. The summed E-state index contributed by atoms with van der Waals surface area (Å²) in [6.45, 7) is 3.82. The number of hydrogen-bond acceptors (Lipinski definition) is 3. The fourth-order valence-corrected chi connectivity index (χ4v) is 1.96. The third-order valence-electron chi connectivity index (χ3n) is 2.90. The fourth-order valence-electron chi connectivity index (χ4n) is 1.96. The minimum Gasteiger partial charge on any atom is -0.480 e. The van der Waals surface area contributed by atoms with E-state index in [0.29, 0.717) is 12.0 Å². The number of nitrogens with one attached hydrogen (secondary N) is 1. The van der Waals surface area contributed by atoms with E-state index in [1.807, 2.05) is 19.9 Å². The average molecular weight is 279 g/mol. The summed E-state index contributed by atoms with van der Waals surface area (Å²) in [7, 11) is 1.43. The van der Waals surface area contributed by atoms with Crippen LogP contribution in [0.3, 0.4) is 0 Å². The average Bonchev–Trinajstić information content (AvgIpc) is 2.39. The molecule has 0 saturated heterocycles. The predicted octanol–water partition coefficient (Wildman–Crippen LogP) is 1.99. The monoisotopic (exact) mass is 279 g/mol. The zero-order valence-corrected chi connectivity index (χ0v) is 12.0. The molecule has 2 N–H and O–H groups in total. The number of rotatable bonds is 7. The molecule has 0 unspecified atom stereocenters. The molecule has 1 amide bonds. The molecule has 110 valence electrons. The van der Waals surface area contributed by atoms with E-state index in [-0.39, 0.29) is 5.92 Å². The maximum absolute atomic E-state index is 12.2. The Hall–Kier alpha value is -1.88. The molecule has 2 atom stereocenters. The van der Waals surface area contributed by atoms with Gasteiger partial charge in [0.15, 0.2) is 6.10 Å². The Kier molecular flexibility index (Phi) is 6.18. The molecule has 0 aliphatic heterocycles. The summed E-state index contributed by atoms with van der Waals surface area (Å²) < 4.78 is 5.18. The van der Waals surface area contributed by atoms with Crippen LogP contribution in [0.2, 0.25) is 0 Å². The van der Waals surface area contributed by atoms with Crippen LogP contribution in [0.4, 0.5) is 0 Å². The molecule has 0 aliphatic carbocycles. The van der Waals surface area contributed by atoms with Crippen molar-refractivity contribution >= 4 is 11.9 Å². The first kappa shape index (κ1) is 16.2. The van der Waals surface area contributed by atoms with Crippen LogP contribution in [0.1, 0.15) is 31.9 Å². The van der Waals surface area contributed by atoms with Gasteiger partial charge in [-0.3, -0.25) is 4.79 Å². The Morgan fingerprint density at radius 1 is 1.25 bits per heavy atom. The predicted molar refractivity (Wildman–Crippen MR) is 75.2 cm³/mol. The molecule has 5 heteroatoms. The second-order valence-corrected chi connectivity index (χ2v) is 5.06. The molecule has 0 radical (unpaired) electrons. The Morgan fingerprint density at radius 3 is 2.30 bits per heavy atom. The molecule has 1 rings (SSSR count). The molecule has 1 aromatic carbocycles. The zero-order chi connectivity index (χ0) is 15.1. The van der Waals surface area contributed by atoms with Crippen LogP contribution >= 0.6 is 0 Å². The Morgan fingerprint density at radius 2 is 1.85 bits per heavy atom. The smallest absolute Gasteiger partial charge is 0.326 e. The van der Waals surface area contributed by atoms with Gasteiger partial charge in [0, 0.05) is 7.11 Å². The number of ether oxygens (including phenoxy) is 1. The minimum atomic E-state index is -1.03. The van der Waals surface area contributed by atoms with Gasteiger partial charge in [0.2, 0.25) is 0 Å². The summed E-state index contributed by atoms with van der Waals surface area (Å²) in [4.78, 5) is 23.3. The van der Waals surface area contributed by atoms with Gasteiger partial charge in [0.1, 0.15) is 6.04 Å². The number of carboxylic acids is 1. The van der Waals surface area contributed by atoms with Crippen molar-refractivity contribution in [3.05, 3.63) is 35.9 Å². The maximum atomic E-state index is 12.2. The third-order valence-corrected chi connectivity index (χ3v) is 2.90. The van der Waals surface area contributed by atoms with Crippen LogP contribution in [0, 0.1) is 5.92 Å². The van der Waals surface area contributed by atoms with Gasteiger partial charge in [0.25, 0.3) is 5.91 Å². The molecule has 0 spiro atoms. The van der Waals surface area contributed by atoms with Crippen molar-refractivity contribution in [2.75, 3.05) is 7.11 Å². The number of benzene rings is 1. The lowest BCUT2D eigenvalue weighted by molar-refractivity contribution is -0.144. The standard InChI is InChI=1S/C15H21NO4/c1-10(2)9-12(15(18)19)16-14(17)13(20-3)11-7-5-4-6-8-11/h4-8,10,12-13H,9H2,1-3H3,(H,16,17)(H,18,19)/t12-,13+/m1/s1. The Bertz CT molecular complexity index is 444. The van der Waals surface area contributed by atoms with Crippen LogP contribution in [0.15, 0.2) is 30.3 Å². The summed E-state index contributed by atoms with van der Waals surface area (Å²) in [5, 5.41) is 11.7. The summed E-state index contributed by atoms with van der Waals surface area (Å²) >= 11 is 0. The topological polar surface area (TPSA) is 75.6 Å². The van der Waals surface area contributed by atoms with E-state index in [2.05, 4.69) is 5.32 Å². The molecular formula is C15H21NO4. The number of hydrogen-bond donors (Lipinski definition) is 2. The molecule has 20 heavy (non-hydrogen) atoms. The van der Waals surface area contributed by atoms with E-state index >= 15 is 0 Å². The van der Waals surface area contributed by atoms with Gasteiger partial charge >= 0.3 is 5.97 Å². The fraction of sp³-hybridized carbons (Fsp3) is 0.467. The molecule has 0 bridgehead atoms. The highest BCUT2D eigenvalue weighted by Crippen LogP contribution is 2.17. The van der Waals surface area contributed by atoms with Crippen molar-refractivity contribution in [3.63, 3.8) is 0 Å². The molecule has 0 saturated carbocycles. The van der Waals surface area contributed by atoms with E-state index in [9.17, 15) is 9.59 Å². The summed E-state index contributed by atoms with van der Waals surface area (Å²) in [6.07, 6.45) is -0.419. The first-order chi connectivity index (χ1) is 9.45. The molecule has 5 nitrogen and oxygen atoms in total. The zero-order valence-electron chi connectivity index (χ0n) is 12.0. The lowest BCUT2D eigenvalue weighted by Gasteiger charge is -2.20. The normalized spacial score (nSPS) is 13.8. The molecule has 1 aromatic rings. The van der Waals surface area contributed by atoms with Crippen molar-refractivity contribution < 1.29 is 19.4 Å². The Labute approximate surface area is 118 Å². The van der Waals surface area contributed by atoms with Crippen LogP contribution in [0.5, 0.6) is 0 Å². The third kappa shape index (κ3) is 4.66. The van der Waals surface area contributed by atoms with Gasteiger partial charge < -0.3 is 15.2 Å². The highest BCUT2D eigenvalue weighted by atomic mass is 16.5. The second-order valence-electron chi connectivity index (χ2n) is 5.06. The van der Waals surface area contributed by atoms with Crippen molar-refractivity contribution in [2.24, 2.45) is 5.92 Å². The van der Waals surface area contributed by atoms with E-state index in [1.165, 1.54) is 7.11 Å². The van der Waals surface area contributed by atoms with Crippen LogP contribution in [-0.2, 0) is 14.3 Å². The van der Waals surface area contributed by atoms with Crippen molar-refractivity contribution in [2.45, 2.75) is 32.4 Å². The van der Waals surface area contributed by atoms with Crippen LogP contribution in [-0.4, -0.2) is 30.1 Å². The van der Waals surface area contributed by atoms with E-state index < -0.39 is 24.0 Å². The summed E-state index contributed by atoms with van der Waals surface area (Å²) in [6, 6.07) is 8.09. The van der Waals surface area contributed by atoms with E-state index in [0.717, 1.165) is 0 Å². The molecule has 0 aliphatic rings. The highest BCUT2D eigenvalue weighted by molar-refractivity contribution is 5.87. The molecule has 0 fully saturated rings. The van der Waals surface area contributed by atoms with Gasteiger partial charge in [-0.15, -0.1) is 0 Å². The number of carbonyl (C=O) groups is 2. The van der Waals surface area contributed by atoms with E-state index in [4.69, 9.17) is 9.84 Å². The number of carboxylic acid groups (broad SMARTS) is 1. The van der Waals surface area contributed by atoms with Gasteiger partial charge in [0.05, 0.1) is 0 Å². The lowest BCUT2D eigenvalue weighted by atomic mass is 10.0. The van der Waals surface area contributed by atoms with Crippen molar-refractivity contribution in [3.8, 4) is 0 Å². The maximum Gasteiger partial charge on any atom is 0.326 e. The van der Waals surface area contributed by atoms with Crippen molar-refractivity contribution in [1.29, 1.82) is 0 Å². The lowest BCUT2D eigenvalue weighted by Crippen LogP contribution is -2.44. The van der Waals surface area contributed by atoms with Gasteiger partial charge in [-0.2, -0.15) is 0 Å². The van der Waals surface area contributed by atoms with Crippen LogP contribution in [0.25, 0.3) is 0 Å². The first-order valence-corrected chi connectivity index (χ1v) is 6.56. The van der Waals surface area contributed by atoms with Gasteiger partial charge in [-0.05, 0) is 17.9 Å². The number of carbonyl (C=O) groups excluding carboxylic acids is 1. The number of aliphatic carboxylic acids is 1. The molecular weight excluding hydrogens is 258 g/mol. The highest BCUT2D eigenvalue weighted by Gasteiger charge is 2.26. The van der Waals surface area contributed by atoms with Crippen LogP contribution < -0.4 is 5.32 Å². The van der Waals surface area contributed by atoms with Gasteiger partial charge in [-0.1, -0.05) is 44.2 Å². The molecule has 0 heterocycles. The number of amides is 1. The Balaban J connectivity index is 2.78. The summed E-state index contributed by atoms with van der Waals surface area (Å²) in [5.41, 5.74) is 0.696. The SMILES string of the molecule is CO[C@H](C(=O)N[C@H](CC(C)C)C(=O)O)c1ccccc1. The van der Waals surface area contributed by atoms with E-state index in [1.54, 1.807) is 24.3 Å². The second kappa shape index (κ2) is 7.65. The quantitative estimate of drug-likeness (QED) is 0.800. The minimum absolute atomic E-state index is 0.175. The van der Waals surface area contributed by atoms with Gasteiger partial charge in [-0.25, -0.2) is 4.79 Å². The largest absolute Gasteiger partial charge is 0.480 e.